The molecule has 0 saturated carbocycles. The van der Waals surface area contributed by atoms with Crippen LogP contribution in [0.15, 0.2) is 48.5 Å². The van der Waals surface area contributed by atoms with E-state index in [-0.39, 0.29) is 12.5 Å². The number of nitrogens with zero attached hydrogens (tertiary/aromatic N) is 1. The molecule has 1 aliphatic heterocycles. The molecule has 5 nitrogen and oxygen atoms in total. The Morgan fingerprint density at radius 3 is 2.52 bits per heavy atom. The second-order valence-electron chi connectivity index (χ2n) is 5.90. The fourth-order valence-corrected chi connectivity index (χ4v) is 3.17. The van der Waals surface area contributed by atoms with E-state index in [0.29, 0.717) is 17.7 Å². The molecule has 1 N–H and O–H groups in total. The summed E-state index contributed by atoms with van der Waals surface area (Å²) >= 11 is 0. The molecule has 130 valence electrons. The molecular formula is C19H19FN2O3. The van der Waals surface area contributed by atoms with Crippen LogP contribution in [0.4, 0.5) is 9.18 Å². The lowest BCUT2D eigenvalue weighted by Crippen LogP contribution is -2.43. The predicted molar refractivity (Wildman–Crippen MR) is 90.4 cm³/mol. The Hall–Kier alpha value is -2.89. The van der Waals surface area contributed by atoms with Crippen LogP contribution in [0.25, 0.3) is 0 Å². The molecule has 3 amide bonds. The van der Waals surface area contributed by atoms with Crippen molar-refractivity contribution in [3.8, 4) is 5.75 Å². The summed E-state index contributed by atoms with van der Waals surface area (Å²) in [6.07, 6.45) is 0.415. The summed E-state index contributed by atoms with van der Waals surface area (Å²) in [5.41, 5.74) is 0.0642. The number of benzene rings is 2. The fraction of sp³-hybridized carbons (Fsp3) is 0.263. The highest BCUT2D eigenvalue weighted by Crippen LogP contribution is 2.34. The van der Waals surface area contributed by atoms with Crippen LogP contribution in [0.2, 0.25) is 0 Å². The number of nitrogens with one attached hydrogen (secondary N) is 1. The van der Waals surface area contributed by atoms with Gasteiger partial charge in [0, 0.05) is 5.56 Å². The SMILES string of the molecule is CCC1(c2ccccc2)NC(=O)N(Cc2cc(F)ccc2OC)C1=O. The van der Waals surface area contributed by atoms with Gasteiger partial charge < -0.3 is 10.1 Å². The highest BCUT2D eigenvalue weighted by Gasteiger charge is 2.51. The summed E-state index contributed by atoms with van der Waals surface area (Å²) in [7, 11) is 1.46. The number of methoxy groups -OCH3 is 1. The molecule has 1 heterocycles. The molecule has 1 fully saturated rings. The van der Waals surface area contributed by atoms with Crippen LogP contribution in [0.1, 0.15) is 24.5 Å². The lowest BCUT2D eigenvalue weighted by atomic mass is 9.87. The predicted octanol–water partition coefficient (Wildman–Crippen LogP) is 3.19. The molecule has 1 aliphatic rings. The third-order valence-electron chi connectivity index (χ3n) is 4.54. The first-order chi connectivity index (χ1) is 12.0. The molecular weight excluding hydrogens is 323 g/mol. The summed E-state index contributed by atoms with van der Waals surface area (Å²) < 4.78 is 18.8. The van der Waals surface area contributed by atoms with Gasteiger partial charge in [0.05, 0.1) is 13.7 Å². The summed E-state index contributed by atoms with van der Waals surface area (Å²) in [4.78, 5) is 26.7. The van der Waals surface area contributed by atoms with Gasteiger partial charge in [-0.2, -0.15) is 0 Å². The maximum absolute atomic E-state index is 13.6. The first kappa shape index (κ1) is 17.0. The van der Waals surface area contributed by atoms with E-state index in [2.05, 4.69) is 5.32 Å². The van der Waals surface area contributed by atoms with Gasteiger partial charge in [-0.3, -0.25) is 9.69 Å². The van der Waals surface area contributed by atoms with Gasteiger partial charge in [0.1, 0.15) is 17.1 Å². The van der Waals surface area contributed by atoms with E-state index in [1.807, 2.05) is 37.3 Å². The molecule has 2 aromatic carbocycles. The van der Waals surface area contributed by atoms with E-state index in [0.717, 1.165) is 10.5 Å². The quantitative estimate of drug-likeness (QED) is 0.849. The van der Waals surface area contributed by atoms with Crippen molar-refractivity contribution in [1.82, 2.24) is 10.2 Å². The first-order valence-corrected chi connectivity index (χ1v) is 8.04. The highest BCUT2D eigenvalue weighted by molar-refractivity contribution is 6.07. The normalized spacial score (nSPS) is 19.9. The van der Waals surface area contributed by atoms with Crippen LogP contribution in [0.5, 0.6) is 5.75 Å². The van der Waals surface area contributed by atoms with E-state index in [1.54, 1.807) is 0 Å². The molecule has 0 spiro atoms. The van der Waals surface area contributed by atoms with Gasteiger partial charge in [-0.05, 0) is 30.2 Å². The minimum atomic E-state index is -1.10. The maximum atomic E-state index is 13.6. The topological polar surface area (TPSA) is 58.6 Å². The fourth-order valence-electron chi connectivity index (χ4n) is 3.17. The minimum absolute atomic E-state index is 0.0554. The van der Waals surface area contributed by atoms with E-state index < -0.39 is 17.4 Å². The Morgan fingerprint density at radius 1 is 1.16 bits per heavy atom. The van der Waals surface area contributed by atoms with Crippen molar-refractivity contribution in [3.05, 3.63) is 65.5 Å². The second kappa shape index (κ2) is 6.55. The zero-order valence-corrected chi connectivity index (χ0v) is 14.1. The largest absolute Gasteiger partial charge is 0.496 e. The number of rotatable bonds is 5. The Morgan fingerprint density at radius 2 is 1.88 bits per heavy atom. The molecule has 25 heavy (non-hydrogen) atoms. The average Bonchev–Trinajstić information content (AvgIpc) is 2.88. The van der Waals surface area contributed by atoms with Crippen molar-refractivity contribution in [2.75, 3.05) is 7.11 Å². The molecule has 1 atom stereocenters. The lowest BCUT2D eigenvalue weighted by molar-refractivity contribution is -0.132. The van der Waals surface area contributed by atoms with Gasteiger partial charge in [0.2, 0.25) is 0 Å². The summed E-state index contributed by atoms with van der Waals surface area (Å²) in [5.74, 6) is -0.374. The van der Waals surface area contributed by atoms with Gasteiger partial charge in [-0.15, -0.1) is 0 Å². The summed E-state index contributed by atoms with van der Waals surface area (Å²) in [6.45, 7) is 1.79. The van der Waals surface area contributed by atoms with E-state index in [4.69, 9.17) is 4.74 Å². The van der Waals surface area contributed by atoms with Gasteiger partial charge in [-0.1, -0.05) is 37.3 Å². The third kappa shape index (κ3) is 2.84. The molecule has 3 rings (SSSR count). The standard InChI is InChI=1S/C19H19FN2O3/c1-3-19(14-7-5-4-6-8-14)17(23)22(18(24)21-19)12-13-11-15(20)9-10-16(13)25-2/h4-11H,3,12H2,1-2H3,(H,21,24). The highest BCUT2D eigenvalue weighted by atomic mass is 19.1. The number of hydrogen-bond donors (Lipinski definition) is 1. The first-order valence-electron chi connectivity index (χ1n) is 8.04. The number of urea groups is 1. The molecule has 1 unspecified atom stereocenters. The van der Waals surface area contributed by atoms with E-state index in [9.17, 15) is 14.0 Å². The monoisotopic (exact) mass is 342 g/mol. The smallest absolute Gasteiger partial charge is 0.325 e. The minimum Gasteiger partial charge on any atom is -0.496 e. The van der Waals surface area contributed by atoms with Crippen molar-refractivity contribution in [2.45, 2.75) is 25.4 Å². The molecule has 1 saturated heterocycles. The van der Waals surface area contributed by atoms with Gasteiger partial charge in [-0.25, -0.2) is 9.18 Å². The van der Waals surface area contributed by atoms with Crippen molar-refractivity contribution >= 4 is 11.9 Å². The van der Waals surface area contributed by atoms with Crippen molar-refractivity contribution < 1.29 is 18.7 Å². The van der Waals surface area contributed by atoms with Gasteiger partial charge in [0.25, 0.3) is 5.91 Å². The summed E-state index contributed by atoms with van der Waals surface area (Å²) in [5, 5.41) is 2.81. The maximum Gasteiger partial charge on any atom is 0.325 e. The van der Waals surface area contributed by atoms with Gasteiger partial charge in [0.15, 0.2) is 0 Å². The molecule has 2 aromatic rings. The van der Waals surface area contributed by atoms with Gasteiger partial charge >= 0.3 is 6.03 Å². The Kier molecular flexibility index (Phi) is 4.44. The number of carbonyl (C=O) groups excluding carboxylic acids is 2. The van der Waals surface area contributed by atoms with Crippen LogP contribution >= 0.6 is 0 Å². The van der Waals surface area contributed by atoms with Crippen LogP contribution in [0, 0.1) is 5.82 Å². The molecule has 0 bridgehead atoms. The molecule has 6 heteroatoms. The number of halogens is 1. The Bertz CT molecular complexity index is 810. The number of hydrogen-bond acceptors (Lipinski definition) is 3. The molecule has 0 radical (unpaired) electrons. The van der Waals surface area contributed by atoms with Crippen molar-refractivity contribution in [3.63, 3.8) is 0 Å². The number of carbonyl (C=O) groups is 2. The van der Waals surface area contributed by atoms with Crippen molar-refractivity contribution in [2.24, 2.45) is 0 Å². The Balaban J connectivity index is 1.96. The van der Waals surface area contributed by atoms with Crippen LogP contribution in [-0.2, 0) is 16.9 Å². The second-order valence-corrected chi connectivity index (χ2v) is 5.90. The van der Waals surface area contributed by atoms with Crippen LogP contribution < -0.4 is 10.1 Å². The van der Waals surface area contributed by atoms with Crippen LogP contribution in [0.3, 0.4) is 0 Å². The average molecular weight is 342 g/mol. The number of imide groups is 1. The van der Waals surface area contributed by atoms with E-state index >= 15 is 0 Å². The molecule has 0 aliphatic carbocycles. The number of amides is 3. The van der Waals surface area contributed by atoms with Crippen LogP contribution in [-0.4, -0.2) is 23.9 Å². The zero-order chi connectivity index (χ0) is 18.0. The van der Waals surface area contributed by atoms with Crippen molar-refractivity contribution in [1.29, 1.82) is 0 Å². The third-order valence-corrected chi connectivity index (χ3v) is 4.54. The number of ether oxygens (including phenoxy) is 1. The lowest BCUT2D eigenvalue weighted by Gasteiger charge is -2.25. The molecule has 0 aromatic heterocycles. The Labute approximate surface area is 145 Å². The zero-order valence-electron chi connectivity index (χ0n) is 14.1. The van der Waals surface area contributed by atoms with E-state index in [1.165, 1.54) is 25.3 Å². The summed E-state index contributed by atoms with van der Waals surface area (Å²) in [6, 6.07) is 12.7.